The molecular formula is C35H39NO. The molecule has 1 aliphatic heterocycles. The van der Waals surface area contributed by atoms with Crippen molar-refractivity contribution in [2.45, 2.75) is 36.5 Å². The first-order valence-electron chi connectivity index (χ1n) is 13.7. The fraction of sp³-hybridized carbons (Fsp3) is 0.314. The standard InChI is InChI=1S/C35H39NO/c1-37-29-25-34(30-14-6-2-7-15-30)22-26-36(27-23-34)28-24-35(31-16-8-3-9-17-31,32-18-10-4-11-19-32)33-20-12-5-13-21-33/h2-21H,22-29H2,1H3. The van der Waals surface area contributed by atoms with Crippen molar-refractivity contribution in [3.05, 3.63) is 144 Å². The molecule has 4 aromatic rings. The van der Waals surface area contributed by atoms with Crippen molar-refractivity contribution in [3.63, 3.8) is 0 Å². The highest BCUT2D eigenvalue weighted by atomic mass is 16.5. The third-order valence-electron chi connectivity index (χ3n) is 8.59. The maximum atomic E-state index is 5.54. The highest BCUT2D eigenvalue weighted by Crippen LogP contribution is 2.43. The van der Waals surface area contributed by atoms with Crippen molar-refractivity contribution in [2.75, 3.05) is 33.4 Å². The predicted molar refractivity (Wildman–Crippen MR) is 154 cm³/mol. The summed E-state index contributed by atoms with van der Waals surface area (Å²) in [5.74, 6) is 0. The first-order valence-corrected chi connectivity index (χ1v) is 13.7. The van der Waals surface area contributed by atoms with Crippen LogP contribution in [0.1, 0.15) is 47.9 Å². The van der Waals surface area contributed by atoms with Gasteiger partial charge in [-0.3, -0.25) is 0 Å². The van der Waals surface area contributed by atoms with Crippen molar-refractivity contribution in [2.24, 2.45) is 0 Å². The molecule has 1 fully saturated rings. The van der Waals surface area contributed by atoms with Gasteiger partial charge in [0.2, 0.25) is 0 Å². The van der Waals surface area contributed by atoms with Crippen LogP contribution in [-0.4, -0.2) is 38.3 Å². The van der Waals surface area contributed by atoms with Crippen LogP contribution in [0.25, 0.3) is 0 Å². The minimum Gasteiger partial charge on any atom is -0.385 e. The molecule has 4 aromatic carbocycles. The molecule has 0 aromatic heterocycles. The Morgan fingerprint density at radius 2 is 1.08 bits per heavy atom. The lowest BCUT2D eigenvalue weighted by Gasteiger charge is -2.44. The highest BCUT2D eigenvalue weighted by molar-refractivity contribution is 5.50. The average molecular weight is 490 g/mol. The van der Waals surface area contributed by atoms with Crippen LogP contribution in [0.2, 0.25) is 0 Å². The van der Waals surface area contributed by atoms with E-state index in [1.165, 1.54) is 35.1 Å². The van der Waals surface area contributed by atoms with E-state index in [-0.39, 0.29) is 10.8 Å². The molecule has 1 aliphatic rings. The fourth-order valence-corrected chi connectivity index (χ4v) is 6.40. The van der Waals surface area contributed by atoms with Crippen LogP contribution in [0, 0.1) is 0 Å². The summed E-state index contributed by atoms with van der Waals surface area (Å²) in [6.07, 6.45) is 4.48. The number of piperidine rings is 1. The van der Waals surface area contributed by atoms with Gasteiger partial charge in [0, 0.05) is 19.1 Å². The minimum atomic E-state index is -0.187. The predicted octanol–water partition coefficient (Wildman–Crippen LogP) is 7.48. The molecule has 0 radical (unpaired) electrons. The summed E-state index contributed by atoms with van der Waals surface area (Å²) in [7, 11) is 1.82. The van der Waals surface area contributed by atoms with Gasteiger partial charge in [-0.05, 0) is 73.0 Å². The second kappa shape index (κ2) is 11.9. The molecule has 1 heterocycles. The van der Waals surface area contributed by atoms with Crippen LogP contribution in [0.15, 0.2) is 121 Å². The fourth-order valence-electron chi connectivity index (χ4n) is 6.40. The summed E-state index contributed by atoms with van der Waals surface area (Å²) in [5.41, 5.74) is 5.59. The Morgan fingerprint density at radius 3 is 1.51 bits per heavy atom. The van der Waals surface area contributed by atoms with Gasteiger partial charge in [0.15, 0.2) is 0 Å². The zero-order chi connectivity index (χ0) is 25.4. The van der Waals surface area contributed by atoms with E-state index >= 15 is 0 Å². The van der Waals surface area contributed by atoms with Crippen molar-refractivity contribution in [1.29, 1.82) is 0 Å². The van der Waals surface area contributed by atoms with Crippen molar-refractivity contribution in [3.8, 4) is 0 Å². The van der Waals surface area contributed by atoms with Crippen LogP contribution in [-0.2, 0) is 15.6 Å². The highest BCUT2D eigenvalue weighted by Gasteiger charge is 2.39. The Bertz CT molecular complexity index is 1100. The molecule has 0 saturated carbocycles. The first kappa shape index (κ1) is 25.4. The maximum absolute atomic E-state index is 5.54. The molecule has 2 heteroatoms. The molecule has 1 saturated heterocycles. The molecule has 0 aliphatic carbocycles. The minimum absolute atomic E-state index is 0.187. The molecule has 0 bridgehead atoms. The molecule has 190 valence electrons. The lowest BCUT2D eigenvalue weighted by Crippen LogP contribution is -2.45. The Morgan fingerprint density at radius 1 is 0.649 bits per heavy atom. The van der Waals surface area contributed by atoms with Gasteiger partial charge in [0.1, 0.15) is 0 Å². The third-order valence-corrected chi connectivity index (χ3v) is 8.59. The van der Waals surface area contributed by atoms with Gasteiger partial charge < -0.3 is 9.64 Å². The van der Waals surface area contributed by atoms with Crippen LogP contribution in [0.4, 0.5) is 0 Å². The van der Waals surface area contributed by atoms with E-state index in [9.17, 15) is 0 Å². The number of methoxy groups -OCH3 is 1. The van der Waals surface area contributed by atoms with Crippen LogP contribution in [0.3, 0.4) is 0 Å². The zero-order valence-corrected chi connectivity index (χ0v) is 22.1. The Balaban J connectivity index is 1.42. The van der Waals surface area contributed by atoms with Gasteiger partial charge in [0.25, 0.3) is 0 Å². The molecule has 2 nitrogen and oxygen atoms in total. The van der Waals surface area contributed by atoms with E-state index in [0.717, 1.165) is 39.1 Å². The summed E-state index contributed by atoms with van der Waals surface area (Å²) in [4.78, 5) is 2.69. The van der Waals surface area contributed by atoms with Gasteiger partial charge in [-0.2, -0.15) is 0 Å². The molecule has 0 N–H and O–H groups in total. The molecular weight excluding hydrogens is 450 g/mol. The number of hydrogen-bond acceptors (Lipinski definition) is 2. The molecule has 0 amide bonds. The number of nitrogens with zero attached hydrogens (tertiary/aromatic N) is 1. The van der Waals surface area contributed by atoms with E-state index in [1.807, 2.05) is 7.11 Å². The lowest BCUT2D eigenvalue weighted by atomic mass is 9.67. The molecule has 37 heavy (non-hydrogen) atoms. The van der Waals surface area contributed by atoms with Gasteiger partial charge in [-0.1, -0.05) is 121 Å². The van der Waals surface area contributed by atoms with Crippen molar-refractivity contribution >= 4 is 0 Å². The summed E-state index contributed by atoms with van der Waals surface area (Å²) in [6, 6.07) is 44.4. The van der Waals surface area contributed by atoms with Gasteiger partial charge in [0.05, 0.1) is 0 Å². The zero-order valence-electron chi connectivity index (χ0n) is 22.1. The monoisotopic (exact) mass is 489 g/mol. The normalized spacial score (nSPS) is 15.9. The van der Waals surface area contributed by atoms with E-state index in [2.05, 4.69) is 126 Å². The van der Waals surface area contributed by atoms with Crippen molar-refractivity contribution < 1.29 is 4.74 Å². The SMILES string of the molecule is COCCC1(c2ccccc2)CCN(CCC(c2ccccc2)(c2ccccc2)c2ccccc2)CC1. The first-order chi connectivity index (χ1) is 18.3. The Kier molecular flexibility index (Phi) is 8.18. The second-order valence-corrected chi connectivity index (χ2v) is 10.5. The van der Waals surface area contributed by atoms with Crippen LogP contribution < -0.4 is 0 Å². The summed E-state index contributed by atoms with van der Waals surface area (Å²) in [6.45, 7) is 4.11. The van der Waals surface area contributed by atoms with Crippen LogP contribution >= 0.6 is 0 Å². The summed E-state index contributed by atoms with van der Waals surface area (Å²) in [5, 5.41) is 0. The molecule has 0 spiro atoms. The van der Waals surface area contributed by atoms with E-state index in [0.29, 0.717) is 0 Å². The van der Waals surface area contributed by atoms with Crippen molar-refractivity contribution in [1.82, 2.24) is 4.90 Å². The largest absolute Gasteiger partial charge is 0.385 e. The Hall–Kier alpha value is -3.20. The van der Waals surface area contributed by atoms with E-state index < -0.39 is 0 Å². The number of benzene rings is 4. The molecule has 0 atom stereocenters. The second-order valence-electron chi connectivity index (χ2n) is 10.5. The van der Waals surface area contributed by atoms with Crippen LogP contribution in [0.5, 0.6) is 0 Å². The number of hydrogen-bond donors (Lipinski definition) is 0. The molecule has 5 rings (SSSR count). The van der Waals surface area contributed by atoms with E-state index in [4.69, 9.17) is 4.74 Å². The van der Waals surface area contributed by atoms with Gasteiger partial charge >= 0.3 is 0 Å². The summed E-state index contributed by atoms with van der Waals surface area (Å²) >= 11 is 0. The smallest absolute Gasteiger partial charge is 0.0470 e. The quantitative estimate of drug-likeness (QED) is 0.214. The topological polar surface area (TPSA) is 12.5 Å². The van der Waals surface area contributed by atoms with Gasteiger partial charge in [-0.15, -0.1) is 0 Å². The summed E-state index contributed by atoms with van der Waals surface area (Å²) < 4.78 is 5.54. The van der Waals surface area contributed by atoms with E-state index in [1.54, 1.807) is 0 Å². The number of ether oxygens (including phenoxy) is 1. The van der Waals surface area contributed by atoms with Gasteiger partial charge in [-0.25, -0.2) is 0 Å². The maximum Gasteiger partial charge on any atom is 0.0470 e. The number of rotatable bonds is 10. The third kappa shape index (κ3) is 5.42. The molecule has 0 unspecified atom stereocenters. The lowest BCUT2D eigenvalue weighted by molar-refractivity contribution is 0.110. The average Bonchev–Trinajstić information content (AvgIpc) is 2.99. The number of likely N-dealkylation sites (tertiary alicyclic amines) is 1. The Labute approximate surface area is 222 Å².